The van der Waals surface area contributed by atoms with Crippen molar-refractivity contribution in [1.29, 1.82) is 0 Å². The third kappa shape index (κ3) is 1.60. The van der Waals surface area contributed by atoms with Crippen molar-refractivity contribution in [3.8, 4) is 0 Å². The van der Waals surface area contributed by atoms with Gasteiger partial charge in [0.25, 0.3) is 10.0 Å². The molecule has 0 atom stereocenters. The monoisotopic (exact) mass is 259 g/mol. The van der Waals surface area contributed by atoms with Crippen LogP contribution in [0, 0.1) is 0 Å². The van der Waals surface area contributed by atoms with Gasteiger partial charge in [-0.3, -0.25) is 0 Å². The van der Waals surface area contributed by atoms with Crippen molar-refractivity contribution in [3.63, 3.8) is 0 Å². The number of fused-ring (bicyclic) bond motifs is 1. The first-order chi connectivity index (χ1) is 7.45. The van der Waals surface area contributed by atoms with Gasteiger partial charge in [0.1, 0.15) is 4.90 Å². The van der Waals surface area contributed by atoms with E-state index in [-0.39, 0.29) is 15.6 Å². The van der Waals surface area contributed by atoms with Crippen LogP contribution in [0.5, 0.6) is 0 Å². The Hall–Kier alpha value is -1.40. The van der Waals surface area contributed by atoms with Crippen LogP contribution in [-0.2, 0) is 14.8 Å². The van der Waals surface area contributed by atoms with Gasteiger partial charge in [-0.1, -0.05) is 11.6 Å². The predicted octanol–water partition coefficient (Wildman–Crippen LogP) is 1.16. The molecule has 5 nitrogen and oxygen atoms in total. The minimum atomic E-state index is -3.77. The second-order valence-corrected chi connectivity index (χ2v) is 4.99. The van der Waals surface area contributed by atoms with Crippen LogP contribution in [0.1, 0.15) is 15.9 Å². The van der Waals surface area contributed by atoms with Gasteiger partial charge in [0.05, 0.1) is 12.7 Å². The first-order valence-corrected chi connectivity index (χ1v) is 6.01. The normalized spacial score (nSPS) is 16.5. The zero-order valence-electron chi connectivity index (χ0n) is 8.10. The number of sulfonamides is 1. The van der Waals surface area contributed by atoms with E-state index in [1.165, 1.54) is 25.3 Å². The number of rotatable bonds is 1. The topological polar surface area (TPSA) is 72.8 Å². The lowest BCUT2D eigenvalue weighted by molar-refractivity contribution is 0.0600. The molecule has 0 fully saturated rings. The van der Waals surface area contributed by atoms with E-state index in [0.29, 0.717) is 5.56 Å². The Kier molecular flexibility index (Phi) is 2.47. The van der Waals surface area contributed by atoms with Crippen LogP contribution in [0.25, 0.3) is 0 Å². The summed E-state index contributed by atoms with van der Waals surface area (Å²) in [5.41, 5.74) is 0.445. The van der Waals surface area contributed by atoms with Crippen molar-refractivity contribution in [1.82, 2.24) is 0 Å². The first-order valence-electron chi connectivity index (χ1n) is 4.19. The van der Waals surface area contributed by atoms with Gasteiger partial charge in [-0.2, -0.15) is 8.42 Å². The predicted molar refractivity (Wildman–Crippen MR) is 57.4 cm³/mol. The van der Waals surface area contributed by atoms with Crippen LogP contribution >= 0.6 is 11.6 Å². The van der Waals surface area contributed by atoms with Crippen LogP contribution in [0.3, 0.4) is 0 Å². The Bertz CT molecular complexity index is 606. The maximum Gasteiger partial charge on any atom is 0.337 e. The van der Waals surface area contributed by atoms with Crippen LogP contribution < -0.4 is 0 Å². The summed E-state index contributed by atoms with van der Waals surface area (Å²) in [5, 5.41) is -0.0913. The highest BCUT2D eigenvalue weighted by atomic mass is 35.5. The number of halogens is 1. The molecule has 1 heterocycles. The highest BCUT2D eigenvalue weighted by Gasteiger charge is 2.28. The van der Waals surface area contributed by atoms with Crippen LogP contribution in [0.15, 0.2) is 27.5 Å². The number of methoxy groups -OCH3 is 1. The summed E-state index contributed by atoms with van der Waals surface area (Å²) in [6.45, 7) is 0. The van der Waals surface area contributed by atoms with E-state index in [4.69, 9.17) is 11.6 Å². The SMILES string of the molecule is COC(=O)c1ccc2c(c1)S(=O)(=O)N=C2Cl. The molecule has 1 aromatic rings. The lowest BCUT2D eigenvalue weighted by atomic mass is 10.1. The molecule has 0 amide bonds. The van der Waals surface area contributed by atoms with E-state index in [1.54, 1.807) is 0 Å². The molecule has 0 bridgehead atoms. The van der Waals surface area contributed by atoms with Gasteiger partial charge in [-0.05, 0) is 18.2 Å². The Morgan fingerprint density at radius 3 is 2.75 bits per heavy atom. The zero-order valence-corrected chi connectivity index (χ0v) is 9.67. The van der Waals surface area contributed by atoms with E-state index in [1.807, 2.05) is 0 Å². The van der Waals surface area contributed by atoms with Crippen LogP contribution in [0.2, 0.25) is 0 Å². The summed E-state index contributed by atoms with van der Waals surface area (Å²) in [6.07, 6.45) is 0. The third-order valence-corrected chi connectivity index (χ3v) is 3.81. The summed E-state index contributed by atoms with van der Waals surface area (Å²) in [4.78, 5) is 11.1. The fourth-order valence-corrected chi connectivity index (χ4v) is 2.97. The zero-order chi connectivity index (χ0) is 11.9. The van der Waals surface area contributed by atoms with Gasteiger partial charge in [0, 0.05) is 5.56 Å². The van der Waals surface area contributed by atoms with Gasteiger partial charge in [0.15, 0.2) is 5.17 Å². The average Bonchev–Trinajstić information content (AvgIpc) is 2.48. The van der Waals surface area contributed by atoms with Crippen molar-refractivity contribution in [3.05, 3.63) is 29.3 Å². The fourth-order valence-electron chi connectivity index (χ4n) is 1.35. The molecule has 84 valence electrons. The highest BCUT2D eigenvalue weighted by molar-refractivity contribution is 7.91. The second-order valence-electron chi connectivity index (χ2n) is 3.06. The molecular weight excluding hydrogens is 254 g/mol. The van der Waals surface area contributed by atoms with Gasteiger partial charge in [0.2, 0.25) is 0 Å². The standard InChI is InChI=1S/C9H6ClNO4S/c1-15-9(12)5-2-3-6-7(4-5)16(13,14)11-8(6)10/h2-4H,1H3. The Morgan fingerprint density at radius 2 is 2.12 bits per heavy atom. The molecule has 1 aliphatic rings. The maximum absolute atomic E-state index is 11.5. The summed E-state index contributed by atoms with van der Waals surface area (Å²) in [5.74, 6) is -0.610. The lowest BCUT2D eigenvalue weighted by Gasteiger charge is -2.01. The summed E-state index contributed by atoms with van der Waals surface area (Å²) < 4.78 is 30.8. The number of carbonyl (C=O) groups excluding carboxylic acids is 1. The minimum absolute atomic E-state index is 0.0691. The van der Waals surface area contributed by atoms with E-state index >= 15 is 0 Å². The number of carbonyl (C=O) groups is 1. The third-order valence-electron chi connectivity index (χ3n) is 2.10. The van der Waals surface area contributed by atoms with Crippen molar-refractivity contribution < 1.29 is 17.9 Å². The van der Waals surface area contributed by atoms with E-state index in [2.05, 4.69) is 9.13 Å². The van der Waals surface area contributed by atoms with E-state index in [0.717, 1.165) is 0 Å². The van der Waals surface area contributed by atoms with Gasteiger partial charge in [-0.25, -0.2) is 4.79 Å². The molecule has 16 heavy (non-hydrogen) atoms. The Labute approximate surface area is 96.8 Å². The van der Waals surface area contributed by atoms with E-state index < -0.39 is 16.0 Å². The number of hydrogen-bond acceptors (Lipinski definition) is 4. The van der Waals surface area contributed by atoms with Crippen LogP contribution in [0.4, 0.5) is 0 Å². The molecule has 0 N–H and O–H groups in total. The van der Waals surface area contributed by atoms with Gasteiger partial charge >= 0.3 is 5.97 Å². The molecule has 1 aliphatic heterocycles. The van der Waals surface area contributed by atoms with Crippen molar-refractivity contribution in [2.45, 2.75) is 4.90 Å². The molecule has 0 saturated carbocycles. The largest absolute Gasteiger partial charge is 0.465 e. The van der Waals surface area contributed by atoms with Crippen molar-refractivity contribution >= 4 is 32.8 Å². The number of hydrogen-bond donors (Lipinski definition) is 0. The highest BCUT2D eigenvalue weighted by Crippen LogP contribution is 2.28. The summed E-state index contributed by atoms with van der Waals surface area (Å²) in [7, 11) is -2.55. The quantitative estimate of drug-likeness (QED) is 0.710. The maximum atomic E-state index is 11.5. The Morgan fingerprint density at radius 1 is 1.44 bits per heavy atom. The molecule has 0 aromatic heterocycles. The number of benzene rings is 1. The Balaban J connectivity index is 2.63. The van der Waals surface area contributed by atoms with Gasteiger partial charge in [-0.15, -0.1) is 4.40 Å². The molecule has 0 saturated heterocycles. The summed E-state index contributed by atoms with van der Waals surface area (Å²) >= 11 is 5.65. The number of nitrogens with zero attached hydrogens (tertiary/aromatic N) is 1. The van der Waals surface area contributed by atoms with E-state index in [9.17, 15) is 13.2 Å². The minimum Gasteiger partial charge on any atom is -0.465 e. The molecule has 7 heteroatoms. The molecule has 0 unspecified atom stereocenters. The summed E-state index contributed by atoms with van der Waals surface area (Å²) in [6, 6.07) is 4.07. The van der Waals surface area contributed by atoms with Crippen molar-refractivity contribution in [2.75, 3.05) is 7.11 Å². The van der Waals surface area contributed by atoms with Crippen LogP contribution in [-0.4, -0.2) is 26.7 Å². The fraction of sp³-hybridized carbons (Fsp3) is 0.111. The molecule has 1 aromatic carbocycles. The molecule has 0 aliphatic carbocycles. The first kappa shape index (κ1) is 11.1. The average molecular weight is 260 g/mol. The number of ether oxygens (including phenoxy) is 1. The van der Waals surface area contributed by atoms with Gasteiger partial charge < -0.3 is 4.74 Å². The molecular formula is C9H6ClNO4S. The molecule has 2 rings (SSSR count). The smallest absolute Gasteiger partial charge is 0.337 e. The lowest BCUT2D eigenvalue weighted by Crippen LogP contribution is -2.03. The van der Waals surface area contributed by atoms with Crippen molar-refractivity contribution in [2.24, 2.45) is 4.40 Å². The molecule has 0 spiro atoms. The number of esters is 1. The molecule has 0 radical (unpaired) electrons. The second kappa shape index (κ2) is 3.57.